The van der Waals surface area contributed by atoms with E-state index in [-0.39, 0.29) is 0 Å². The third kappa shape index (κ3) is 2.99. The van der Waals surface area contributed by atoms with Crippen LogP contribution in [0.1, 0.15) is 57.1 Å². The fourth-order valence-electron chi connectivity index (χ4n) is 3.32. The SMILES string of the molecule is CC(C)CCCC1(CBr)CCCc2ccccc21. The Balaban J connectivity index is 2.17. The van der Waals surface area contributed by atoms with Crippen LogP contribution < -0.4 is 0 Å². The maximum Gasteiger partial charge on any atom is 0.0129 e. The van der Waals surface area contributed by atoms with E-state index < -0.39 is 0 Å². The number of hydrogen-bond donors (Lipinski definition) is 0. The predicted molar refractivity (Wildman–Crippen MR) is 83.5 cm³/mol. The molecule has 0 heterocycles. The molecule has 18 heavy (non-hydrogen) atoms. The van der Waals surface area contributed by atoms with Gasteiger partial charge < -0.3 is 0 Å². The quantitative estimate of drug-likeness (QED) is 0.632. The number of halogens is 1. The first-order valence-corrected chi connectivity index (χ1v) is 8.44. The van der Waals surface area contributed by atoms with Gasteiger partial charge in [0.2, 0.25) is 0 Å². The van der Waals surface area contributed by atoms with E-state index in [1.165, 1.54) is 38.5 Å². The van der Waals surface area contributed by atoms with Crippen molar-refractivity contribution < 1.29 is 0 Å². The van der Waals surface area contributed by atoms with Gasteiger partial charge in [0, 0.05) is 10.7 Å². The Labute approximate surface area is 120 Å². The summed E-state index contributed by atoms with van der Waals surface area (Å²) in [5.74, 6) is 0.830. The number of fused-ring (bicyclic) bond motifs is 1. The molecule has 0 bridgehead atoms. The molecule has 100 valence electrons. The number of aryl methyl sites for hydroxylation is 1. The average molecular weight is 309 g/mol. The van der Waals surface area contributed by atoms with E-state index in [1.54, 1.807) is 11.1 Å². The molecule has 0 aliphatic heterocycles. The van der Waals surface area contributed by atoms with Crippen molar-refractivity contribution in [1.82, 2.24) is 0 Å². The van der Waals surface area contributed by atoms with Gasteiger partial charge in [0.05, 0.1) is 0 Å². The van der Waals surface area contributed by atoms with Crippen LogP contribution in [0.4, 0.5) is 0 Å². The van der Waals surface area contributed by atoms with Gasteiger partial charge in [-0.25, -0.2) is 0 Å². The summed E-state index contributed by atoms with van der Waals surface area (Å²) in [6.07, 6.45) is 8.04. The smallest absolute Gasteiger partial charge is 0.0129 e. The van der Waals surface area contributed by atoms with Gasteiger partial charge in [-0.2, -0.15) is 0 Å². The molecule has 0 nitrogen and oxygen atoms in total. The normalized spacial score (nSPS) is 23.1. The van der Waals surface area contributed by atoms with Crippen molar-refractivity contribution in [3.05, 3.63) is 35.4 Å². The summed E-state index contributed by atoms with van der Waals surface area (Å²) >= 11 is 3.81. The van der Waals surface area contributed by atoms with Gasteiger partial charge in [-0.15, -0.1) is 0 Å². The lowest BCUT2D eigenvalue weighted by Crippen LogP contribution is -2.32. The van der Waals surface area contributed by atoms with E-state index in [2.05, 4.69) is 54.0 Å². The minimum atomic E-state index is 0.406. The van der Waals surface area contributed by atoms with Crippen molar-refractivity contribution in [3.63, 3.8) is 0 Å². The topological polar surface area (TPSA) is 0 Å². The molecule has 1 unspecified atom stereocenters. The van der Waals surface area contributed by atoms with Gasteiger partial charge >= 0.3 is 0 Å². The van der Waals surface area contributed by atoms with Crippen molar-refractivity contribution in [2.75, 3.05) is 5.33 Å². The molecule has 0 saturated heterocycles. The van der Waals surface area contributed by atoms with Crippen LogP contribution in [0.25, 0.3) is 0 Å². The van der Waals surface area contributed by atoms with E-state index in [0.717, 1.165) is 11.2 Å². The number of alkyl halides is 1. The van der Waals surface area contributed by atoms with Crippen LogP contribution in [0.2, 0.25) is 0 Å². The predicted octanol–water partition coefficient (Wildman–Crippen LogP) is 5.48. The molecular weight excluding hydrogens is 284 g/mol. The highest BCUT2D eigenvalue weighted by Crippen LogP contribution is 2.42. The third-order valence-electron chi connectivity index (χ3n) is 4.38. The summed E-state index contributed by atoms with van der Waals surface area (Å²) in [5.41, 5.74) is 3.62. The molecule has 1 heteroatoms. The Morgan fingerprint density at radius 3 is 2.78 bits per heavy atom. The largest absolute Gasteiger partial charge is 0.0918 e. The highest BCUT2D eigenvalue weighted by molar-refractivity contribution is 9.09. The number of rotatable bonds is 5. The molecule has 1 aliphatic carbocycles. The van der Waals surface area contributed by atoms with Crippen LogP contribution in [0.3, 0.4) is 0 Å². The molecule has 1 aromatic carbocycles. The minimum absolute atomic E-state index is 0.406. The van der Waals surface area contributed by atoms with Crippen LogP contribution >= 0.6 is 15.9 Å². The Bertz CT molecular complexity index is 383. The molecule has 1 aliphatic rings. The monoisotopic (exact) mass is 308 g/mol. The van der Waals surface area contributed by atoms with Crippen LogP contribution in [0.5, 0.6) is 0 Å². The van der Waals surface area contributed by atoms with Gasteiger partial charge in [-0.1, -0.05) is 66.9 Å². The lowest BCUT2D eigenvalue weighted by Gasteiger charge is -2.38. The minimum Gasteiger partial charge on any atom is -0.0918 e. The third-order valence-corrected chi connectivity index (χ3v) is 5.46. The first kappa shape index (κ1) is 14.1. The van der Waals surface area contributed by atoms with E-state index in [1.807, 2.05) is 0 Å². The van der Waals surface area contributed by atoms with Crippen LogP contribution in [0.15, 0.2) is 24.3 Å². The van der Waals surface area contributed by atoms with Gasteiger partial charge in [-0.3, -0.25) is 0 Å². The fourth-order valence-corrected chi connectivity index (χ4v) is 4.18. The summed E-state index contributed by atoms with van der Waals surface area (Å²) in [6, 6.07) is 9.10. The second-order valence-electron chi connectivity index (χ2n) is 6.21. The van der Waals surface area contributed by atoms with Crippen molar-refractivity contribution in [2.45, 2.75) is 57.8 Å². The Morgan fingerprint density at radius 1 is 1.28 bits per heavy atom. The second-order valence-corrected chi connectivity index (χ2v) is 6.77. The standard InChI is InChI=1S/C17H25Br/c1-14(2)7-5-11-17(13-18)12-6-9-15-8-3-4-10-16(15)17/h3-4,8,10,14H,5-7,9,11-13H2,1-2H3. The molecule has 0 amide bonds. The Hall–Kier alpha value is -0.300. The Morgan fingerprint density at radius 2 is 2.06 bits per heavy atom. The number of hydrogen-bond acceptors (Lipinski definition) is 0. The molecule has 1 atom stereocenters. The van der Waals surface area contributed by atoms with E-state index in [9.17, 15) is 0 Å². The fraction of sp³-hybridized carbons (Fsp3) is 0.647. The maximum atomic E-state index is 3.81. The molecule has 2 rings (SSSR count). The maximum absolute atomic E-state index is 3.81. The van der Waals surface area contributed by atoms with Gasteiger partial charge in [0.1, 0.15) is 0 Å². The van der Waals surface area contributed by atoms with Crippen molar-refractivity contribution >= 4 is 15.9 Å². The summed E-state index contributed by atoms with van der Waals surface area (Å²) in [4.78, 5) is 0. The number of benzene rings is 1. The highest BCUT2D eigenvalue weighted by atomic mass is 79.9. The zero-order valence-corrected chi connectivity index (χ0v) is 13.3. The first-order chi connectivity index (χ1) is 8.68. The molecule has 0 aromatic heterocycles. The van der Waals surface area contributed by atoms with E-state index in [0.29, 0.717) is 5.41 Å². The molecular formula is C17H25Br. The molecule has 0 saturated carbocycles. The highest BCUT2D eigenvalue weighted by Gasteiger charge is 2.34. The zero-order chi connectivity index (χ0) is 13.0. The lowest BCUT2D eigenvalue weighted by atomic mass is 9.68. The van der Waals surface area contributed by atoms with Crippen LogP contribution in [0, 0.1) is 5.92 Å². The van der Waals surface area contributed by atoms with Crippen molar-refractivity contribution in [1.29, 1.82) is 0 Å². The van der Waals surface area contributed by atoms with Crippen LogP contribution in [-0.2, 0) is 11.8 Å². The summed E-state index contributed by atoms with van der Waals surface area (Å²) in [5, 5.41) is 1.12. The van der Waals surface area contributed by atoms with Gasteiger partial charge in [0.15, 0.2) is 0 Å². The van der Waals surface area contributed by atoms with E-state index >= 15 is 0 Å². The van der Waals surface area contributed by atoms with Crippen LogP contribution in [-0.4, -0.2) is 5.33 Å². The van der Waals surface area contributed by atoms with E-state index in [4.69, 9.17) is 0 Å². The van der Waals surface area contributed by atoms with Gasteiger partial charge in [0.25, 0.3) is 0 Å². The van der Waals surface area contributed by atoms with Crippen molar-refractivity contribution in [3.8, 4) is 0 Å². The average Bonchev–Trinajstić information content (AvgIpc) is 2.38. The molecule has 0 radical (unpaired) electrons. The summed E-state index contributed by atoms with van der Waals surface area (Å²) < 4.78 is 0. The molecule has 0 N–H and O–H groups in total. The Kier molecular flexibility index (Phi) is 4.89. The van der Waals surface area contributed by atoms with Crippen molar-refractivity contribution in [2.24, 2.45) is 5.92 Å². The molecule has 0 fully saturated rings. The molecule has 0 spiro atoms. The van der Waals surface area contributed by atoms with Gasteiger partial charge in [-0.05, 0) is 42.7 Å². The molecule has 1 aromatic rings. The summed E-state index contributed by atoms with van der Waals surface area (Å²) in [6.45, 7) is 4.66. The zero-order valence-electron chi connectivity index (χ0n) is 11.7. The second kappa shape index (κ2) is 6.23. The first-order valence-electron chi connectivity index (χ1n) is 7.32. The lowest BCUT2D eigenvalue weighted by molar-refractivity contribution is 0.351. The summed E-state index contributed by atoms with van der Waals surface area (Å²) in [7, 11) is 0.